The van der Waals surface area contributed by atoms with E-state index in [1.807, 2.05) is 54.6 Å². The minimum absolute atomic E-state index is 0.416. The number of nitrogens with zero attached hydrogens (tertiary/aromatic N) is 3. The van der Waals surface area contributed by atoms with Gasteiger partial charge in [0.1, 0.15) is 12.4 Å². The Hall–Kier alpha value is -3.21. The summed E-state index contributed by atoms with van der Waals surface area (Å²) in [6.07, 6.45) is 3.10. The zero-order chi connectivity index (χ0) is 15.5. The summed E-state index contributed by atoms with van der Waals surface area (Å²) in [7, 11) is 0. The molecule has 23 heavy (non-hydrogen) atoms. The molecular formula is C18H13N3O2. The number of benzene rings is 2. The summed E-state index contributed by atoms with van der Waals surface area (Å²) < 4.78 is 11.3. The minimum atomic E-state index is 0.416. The molecule has 0 amide bonds. The summed E-state index contributed by atoms with van der Waals surface area (Å²) in [4.78, 5) is 4.44. The molecule has 4 rings (SSSR count). The SMILES string of the molecule is c1ccc(-c2nnco2)c(OCc2cccc3cccnc23)c1. The molecule has 5 heteroatoms. The van der Waals surface area contributed by atoms with Crippen molar-refractivity contribution in [1.82, 2.24) is 15.2 Å². The van der Waals surface area contributed by atoms with Gasteiger partial charge in [0, 0.05) is 17.1 Å². The lowest BCUT2D eigenvalue weighted by atomic mass is 10.1. The third kappa shape index (κ3) is 2.64. The third-order valence-corrected chi connectivity index (χ3v) is 3.58. The van der Waals surface area contributed by atoms with Gasteiger partial charge in [-0.1, -0.05) is 36.4 Å². The summed E-state index contributed by atoms with van der Waals surface area (Å²) in [5, 5.41) is 8.76. The van der Waals surface area contributed by atoms with Crippen molar-refractivity contribution in [2.24, 2.45) is 0 Å². The highest BCUT2D eigenvalue weighted by Crippen LogP contribution is 2.29. The maximum Gasteiger partial charge on any atom is 0.251 e. The van der Waals surface area contributed by atoms with Crippen LogP contribution in [-0.2, 0) is 6.61 Å². The van der Waals surface area contributed by atoms with Gasteiger partial charge in [0.2, 0.25) is 6.39 Å². The van der Waals surface area contributed by atoms with Crippen LogP contribution in [0.5, 0.6) is 5.75 Å². The maximum atomic E-state index is 5.99. The predicted molar refractivity (Wildman–Crippen MR) is 85.8 cm³/mol. The second kappa shape index (κ2) is 5.88. The molecule has 2 aromatic carbocycles. The molecule has 0 N–H and O–H groups in total. The van der Waals surface area contributed by atoms with Gasteiger partial charge in [0.25, 0.3) is 5.89 Å². The highest BCUT2D eigenvalue weighted by molar-refractivity contribution is 5.81. The van der Waals surface area contributed by atoms with Gasteiger partial charge in [0.15, 0.2) is 0 Å². The monoisotopic (exact) mass is 303 g/mol. The molecule has 0 fully saturated rings. The summed E-state index contributed by atoms with van der Waals surface area (Å²) in [5.74, 6) is 1.14. The molecule has 112 valence electrons. The Kier molecular flexibility index (Phi) is 3.44. The molecule has 0 aliphatic carbocycles. The molecule has 2 heterocycles. The molecule has 4 aromatic rings. The summed E-state index contributed by atoms with van der Waals surface area (Å²) in [5.41, 5.74) is 2.76. The van der Waals surface area contributed by atoms with Crippen LogP contribution in [0.2, 0.25) is 0 Å². The van der Waals surface area contributed by atoms with Gasteiger partial charge >= 0.3 is 0 Å². The average molecular weight is 303 g/mol. The Balaban J connectivity index is 1.65. The molecular weight excluding hydrogens is 290 g/mol. The first-order valence-electron chi connectivity index (χ1n) is 7.23. The van der Waals surface area contributed by atoms with Crippen molar-refractivity contribution in [3.63, 3.8) is 0 Å². The van der Waals surface area contributed by atoms with Crippen LogP contribution < -0.4 is 4.74 Å². The fourth-order valence-electron chi connectivity index (χ4n) is 2.50. The lowest BCUT2D eigenvalue weighted by Crippen LogP contribution is -1.99. The molecule has 0 aliphatic rings. The van der Waals surface area contributed by atoms with Crippen molar-refractivity contribution in [2.45, 2.75) is 6.61 Å². The normalized spacial score (nSPS) is 10.8. The first-order valence-corrected chi connectivity index (χ1v) is 7.23. The molecule has 2 aromatic heterocycles. The van der Waals surface area contributed by atoms with Crippen molar-refractivity contribution in [3.05, 3.63) is 72.8 Å². The molecule has 0 spiro atoms. The van der Waals surface area contributed by atoms with Gasteiger partial charge in [-0.3, -0.25) is 4.98 Å². The topological polar surface area (TPSA) is 61.0 Å². The number of ether oxygens (including phenoxy) is 1. The van der Waals surface area contributed by atoms with Crippen molar-refractivity contribution in [3.8, 4) is 17.2 Å². The smallest absolute Gasteiger partial charge is 0.251 e. The Bertz CT molecular complexity index is 931. The quantitative estimate of drug-likeness (QED) is 0.573. The summed E-state index contributed by atoms with van der Waals surface area (Å²) in [6, 6.07) is 17.6. The van der Waals surface area contributed by atoms with Crippen molar-refractivity contribution in [1.29, 1.82) is 0 Å². The van der Waals surface area contributed by atoms with Gasteiger partial charge in [-0.05, 0) is 18.2 Å². The van der Waals surface area contributed by atoms with E-state index in [2.05, 4.69) is 15.2 Å². The predicted octanol–water partition coefficient (Wildman–Crippen LogP) is 3.86. The highest BCUT2D eigenvalue weighted by atomic mass is 16.5. The van der Waals surface area contributed by atoms with Crippen molar-refractivity contribution < 1.29 is 9.15 Å². The fraction of sp³-hybridized carbons (Fsp3) is 0.0556. The number of rotatable bonds is 4. The first kappa shape index (κ1) is 13.5. The van der Waals surface area contributed by atoms with E-state index in [1.54, 1.807) is 6.20 Å². The summed E-state index contributed by atoms with van der Waals surface area (Å²) >= 11 is 0. The zero-order valence-electron chi connectivity index (χ0n) is 12.2. The van der Waals surface area contributed by atoms with E-state index in [0.29, 0.717) is 18.2 Å². The molecule has 0 bridgehead atoms. The zero-order valence-corrected chi connectivity index (χ0v) is 12.2. The standard InChI is InChI=1S/C18H13N3O2/c1-2-9-16(15(8-1)18-21-20-12-23-18)22-11-14-6-3-5-13-7-4-10-19-17(13)14/h1-10,12H,11H2. The Labute approximate surface area is 132 Å². The second-order valence-corrected chi connectivity index (χ2v) is 5.02. The Morgan fingerprint density at radius 3 is 2.78 bits per heavy atom. The van der Waals surface area contributed by atoms with Gasteiger partial charge in [-0.25, -0.2) is 0 Å². The van der Waals surface area contributed by atoms with Crippen LogP contribution in [0.1, 0.15) is 5.56 Å². The molecule has 0 unspecified atom stereocenters. The third-order valence-electron chi connectivity index (χ3n) is 3.58. The lowest BCUT2D eigenvalue weighted by Gasteiger charge is -2.10. The van der Waals surface area contributed by atoms with Crippen LogP contribution in [0.15, 0.2) is 71.6 Å². The van der Waals surface area contributed by atoms with Crippen LogP contribution >= 0.6 is 0 Å². The van der Waals surface area contributed by atoms with E-state index in [0.717, 1.165) is 22.0 Å². The molecule has 5 nitrogen and oxygen atoms in total. The highest BCUT2D eigenvalue weighted by Gasteiger charge is 2.11. The summed E-state index contributed by atoms with van der Waals surface area (Å²) in [6.45, 7) is 0.416. The largest absolute Gasteiger partial charge is 0.488 e. The van der Waals surface area contributed by atoms with E-state index in [9.17, 15) is 0 Å². The second-order valence-electron chi connectivity index (χ2n) is 5.02. The van der Waals surface area contributed by atoms with E-state index in [4.69, 9.17) is 9.15 Å². The van der Waals surface area contributed by atoms with Crippen molar-refractivity contribution >= 4 is 10.9 Å². The molecule has 0 aliphatic heterocycles. The number of fused-ring (bicyclic) bond motifs is 1. The number of aromatic nitrogens is 3. The van der Waals surface area contributed by atoms with Gasteiger partial charge in [-0.2, -0.15) is 0 Å². The van der Waals surface area contributed by atoms with Gasteiger partial charge in [0.05, 0.1) is 11.1 Å². The van der Waals surface area contributed by atoms with Gasteiger partial charge in [-0.15, -0.1) is 10.2 Å². The van der Waals surface area contributed by atoms with E-state index in [-0.39, 0.29) is 0 Å². The Morgan fingerprint density at radius 2 is 1.87 bits per heavy atom. The molecule has 0 atom stereocenters. The van der Waals surface area contributed by atoms with Gasteiger partial charge < -0.3 is 9.15 Å². The number of hydrogen-bond acceptors (Lipinski definition) is 5. The van der Waals surface area contributed by atoms with Crippen LogP contribution in [0.4, 0.5) is 0 Å². The van der Waals surface area contributed by atoms with Crippen molar-refractivity contribution in [2.75, 3.05) is 0 Å². The number of para-hydroxylation sites is 2. The average Bonchev–Trinajstić information content (AvgIpc) is 3.14. The molecule has 0 radical (unpaired) electrons. The van der Waals surface area contributed by atoms with Crippen LogP contribution in [0.25, 0.3) is 22.4 Å². The first-order chi connectivity index (χ1) is 11.4. The molecule has 0 saturated heterocycles. The molecule has 0 saturated carbocycles. The number of pyridine rings is 1. The van der Waals surface area contributed by atoms with E-state index in [1.165, 1.54) is 6.39 Å². The van der Waals surface area contributed by atoms with Crippen LogP contribution in [0, 0.1) is 0 Å². The number of hydrogen-bond donors (Lipinski definition) is 0. The van der Waals surface area contributed by atoms with E-state index >= 15 is 0 Å². The maximum absolute atomic E-state index is 5.99. The minimum Gasteiger partial charge on any atom is -0.488 e. The lowest BCUT2D eigenvalue weighted by molar-refractivity contribution is 0.308. The van der Waals surface area contributed by atoms with Crippen LogP contribution in [-0.4, -0.2) is 15.2 Å². The van der Waals surface area contributed by atoms with Crippen LogP contribution in [0.3, 0.4) is 0 Å². The fourth-order valence-corrected chi connectivity index (χ4v) is 2.50. The van der Waals surface area contributed by atoms with E-state index < -0.39 is 0 Å². The Morgan fingerprint density at radius 1 is 0.957 bits per heavy atom.